The van der Waals surface area contributed by atoms with E-state index in [9.17, 15) is 21.6 Å². The molecule has 0 saturated carbocycles. The van der Waals surface area contributed by atoms with Gasteiger partial charge in [0.1, 0.15) is 12.3 Å². The van der Waals surface area contributed by atoms with Crippen molar-refractivity contribution in [2.45, 2.75) is 37.0 Å². The van der Waals surface area contributed by atoms with E-state index in [0.29, 0.717) is 28.4 Å². The first-order chi connectivity index (χ1) is 18.3. The van der Waals surface area contributed by atoms with Crippen molar-refractivity contribution in [2.24, 2.45) is 5.92 Å². The number of hydrogen-bond donors (Lipinski definition) is 2. The first-order valence-corrected chi connectivity index (χ1v) is 14.5. The monoisotopic (exact) mass is 562 g/mol. The second-order valence-corrected chi connectivity index (χ2v) is 12.1. The van der Waals surface area contributed by atoms with Crippen LogP contribution in [0.1, 0.15) is 18.9 Å². The van der Waals surface area contributed by atoms with Crippen LogP contribution in [0.4, 0.5) is 24.5 Å². The van der Waals surface area contributed by atoms with Crippen molar-refractivity contribution in [3.8, 4) is 17.6 Å². The highest BCUT2D eigenvalue weighted by Crippen LogP contribution is 2.32. The number of nitrogens with zero attached hydrogens (tertiary/aromatic N) is 2. The predicted molar refractivity (Wildman–Crippen MR) is 148 cm³/mol. The Bertz CT molecular complexity index is 1510. The molecule has 0 aliphatic carbocycles. The topological polar surface area (TPSA) is 75.6 Å². The van der Waals surface area contributed by atoms with Gasteiger partial charge in [-0.05, 0) is 56.3 Å². The molecule has 0 radical (unpaired) electrons. The fourth-order valence-corrected chi connectivity index (χ4v) is 5.56. The zero-order valence-electron chi connectivity index (χ0n) is 22.4. The molecule has 1 fully saturated rings. The molecule has 1 aromatic heterocycles. The van der Waals surface area contributed by atoms with E-state index in [1.807, 2.05) is 6.07 Å². The molecule has 39 heavy (non-hydrogen) atoms. The van der Waals surface area contributed by atoms with E-state index in [0.717, 1.165) is 36.8 Å². The molecule has 2 N–H and O–H groups in total. The summed E-state index contributed by atoms with van der Waals surface area (Å²) >= 11 is 0. The number of halogens is 3. The SMILES string of the molecule is COc1cc(S(C)(=O)=O)ccc1NCC#Cc1cc(N[C@@H]2CCN(C)C[C@@H]2C)c2ccn(CC(F)(F)F)c2c1. The first kappa shape index (κ1) is 28.6. The minimum absolute atomic E-state index is 0.144. The molecule has 7 nitrogen and oxygen atoms in total. The lowest BCUT2D eigenvalue weighted by Gasteiger charge is -2.36. The molecular weight excluding hydrogens is 529 g/mol. The molecule has 0 unspecified atom stereocenters. The van der Waals surface area contributed by atoms with Crippen LogP contribution in [-0.4, -0.2) is 70.2 Å². The van der Waals surface area contributed by atoms with Crippen LogP contribution >= 0.6 is 0 Å². The molecule has 1 aliphatic rings. The van der Waals surface area contributed by atoms with Gasteiger partial charge in [0.15, 0.2) is 9.84 Å². The summed E-state index contributed by atoms with van der Waals surface area (Å²) in [5.41, 5.74) is 2.40. The van der Waals surface area contributed by atoms with Gasteiger partial charge >= 0.3 is 6.18 Å². The molecule has 210 valence electrons. The number of benzene rings is 2. The van der Waals surface area contributed by atoms with E-state index < -0.39 is 22.6 Å². The molecular formula is C28H33F3N4O3S. The van der Waals surface area contributed by atoms with Crippen molar-refractivity contribution in [2.75, 3.05) is 50.7 Å². The van der Waals surface area contributed by atoms with Gasteiger partial charge in [0.05, 0.1) is 29.8 Å². The van der Waals surface area contributed by atoms with E-state index in [1.165, 1.54) is 30.0 Å². The lowest BCUT2D eigenvalue weighted by molar-refractivity contribution is -0.139. The number of methoxy groups -OCH3 is 1. The van der Waals surface area contributed by atoms with Crippen molar-refractivity contribution < 1.29 is 26.3 Å². The standard InChI is InChI=1S/C28H33F3N4O3S/c1-19-17-34(2)12-10-23(19)33-25-14-20(15-26-22(25)9-13-35(26)18-28(29,30)31)6-5-11-32-24-8-7-21(39(4,36)37)16-27(24)38-3/h7-9,13-16,19,23,32-33H,10-12,17-18H2,1-4H3/t19-,23+/m0/s1. The van der Waals surface area contributed by atoms with Crippen molar-refractivity contribution in [3.05, 3.63) is 48.2 Å². The molecule has 1 aliphatic heterocycles. The van der Waals surface area contributed by atoms with Crippen molar-refractivity contribution >= 4 is 32.1 Å². The normalized spacial score (nSPS) is 18.4. The number of aromatic nitrogens is 1. The number of fused-ring (bicyclic) bond motifs is 1. The summed E-state index contributed by atoms with van der Waals surface area (Å²) in [6.45, 7) is 3.19. The zero-order chi connectivity index (χ0) is 28.4. The van der Waals surface area contributed by atoms with E-state index in [1.54, 1.807) is 18.2 Å². The number of piperidine rings is 1. The van der Waals surface area contributed by atoms with Crippen LogP contribution in [0, 0.1) is 17.8 Å². The van der Waals surface area contributed by atoms with Crippen molar-refractivity contribution in [1.29, 1.82) is 0 Å². The summed E-state index contributed by atoms with van der Waals surface area (Å²) in [6.07, 6.45) is -0.826. The van der Waals surface area contributed by atoms with E-state index in [-0.39, 0.29) is 17.5 Å². The lowest BCUT2D eigenvalue weighted by Crippen LogP contribution is -2.43. The van der Waals surface area contributed by atoms with Crippen LogP contribution in [0.2, 0.25) is 0 Å². The Morgan fingerprint density at radius 3 is 2.59 bits per heavy atom. The number of likely N-dealkylation sites (tertiary alicyclic amines) is 1. The Morgan fingerprint density at radius 1 is 1.15 bits per heavy atom. The summed E-state index contributed by atoms with van der Waals surface area (Å²) in [5, 5.41) is 7.43. The molecule has 2 aromatic carbocycles. The number of alkyl halides is 3. The minimum atomic E-state index is -4.35. The molecule has 2 heterocycles. The van der Waals surface area contributed by atoms with Crippen LogP contribution in [0.15, 0.2) is 47.5 Å². The molecule has 3 aromatic rings. The Balaban J connectivity index is 1.60. The number of ether oxygens (including phenoxy) is 1. The highest BCUT2D eigenvalue weighted by Gasteiger charge is 2.29. The highest BCUT2D eigenvalue weighted by atomic mass is 32.2. The van der Waals surface area contributed by atoms with Crippen molar-refractivity contribution in [1.82, 2.24) is 9.47 Å². The van der Waals surface area contributed by atoms with Crippen LogP contribution in [-0.2, 0) is 16.4 Å². The van der Waals surface area contributed by atoms with Crippen LogP contribution in [0.3, 0.4) is 0 Å². The fourth-order valence-electron chi connectivity index (χ4n) is 4.92. The number of nitrogens with one attached hydrogen (secondary N) is 2. The maximum absolute atomic E-state index is 13.2. The van der Waals surface area contributed by atoms with Gasteiger partial charge in [0.25, 0.3) is 0 Å². The maximum atomic E-state index is 13.2. The fraction of sp³-hybridized carbons (Fsp3) is 0.429. The third kappa shape index (κ3) is 7.19. The molecule has 2 atom stereocenters. The molecule has 0 spiro atoms. The Hall–Kier alpha value is -3.36. The Kier molecular flexibility index (Phi) is 8.37. The largest absolute Gasteiger partial charge is 0.495 e. The van der Waals surface area contributed by atoms with Crippen LogP contribution in [0.25, 0.3) is 10.9 Å². The summed E-state index contributed by atoms with van der Waals surface area (Å²) in [6, 6.07) is 10.0. The Morgan fingerprint density at radius 2 is 1.92 bits per heavy atom. The maximum Gasteiger partial charge on any atom is 0.406 e. The quantitative estimate of drug-likeness (QED) is 0.402. The second kappa shape index (κ2) is 11.4. The second-order valence-electron chi connectivity index (χ2n) is 10.1. The molecule has 1 saturated heterocycles. The third-order valence-electron chi connectivity index (χ3n) is 6.89. The number of sulfone groups is 1. The van der Waals surface area contributed by atoms with Gasteiger partial charge in [-0.3, -0.25) is 0 Å². The lowest BCUT2D eigenvalue weighted by atomic mass is 9.93. The highest BCUT2D eigenvalue weighted by molar-refractivity contribution is 7.90. The number of rotatable bonds is 7. The van der Waals surface area contributed by atoms with E-state index >= 15 is 0 Å². The third-order valence-corrected chi connectivity index (χ3v) is 8.00. The van der Waals surface area contributed by atoms with Crippen molar-refractivity contribution in [3.63, 3.8) is 0 Å². The average Bonchev–Trinajstić information content (AvgIpc) is 3.24. The number of anilines is 2. The predicted octanol–water partition coefficient (Wildman–Crippen LogP) is 4.83. The first-order valence-electron chi connectivity index (χ1n) is 12.6. The zero-order valence-corrected chi connectivity index (χ0v) is 23.2. The van der Waals surface area contributed by atoms with E-state index in [4.69, 9.17) is 4.74 Å². The van der Waals surface area contributed by atoms with Crippen LogP contribution in [0.5, 0.6) is 5.75 Å². The van der Waals surface area contributed by atoms with Gasteiger partial charge in [-0.2, -0.15) is 13.2 Å². The summed E-state index contributed by atoms with van der Waals surface area (Å²) in [5.74, 6) is 6.82. The Labute approximate surface area is 227 Å². The summed E-state index contributed by atoms with van der Waals surface area (Å²) in [4.78, 5) is 2.42. The number of hydrogen-bond acceptors (Lipinski definition) is 6. The molecule has 0 bridgehead atoms. The van der Waals surface area contributed by atoms with Gasteiger partial charge in [-0.1, -0.05) is 18.8 Å². The summed E-state index contributed by atoms with van der Waals surface area (Å²) in [7, 11) is 0.154. The molecule has 11 heteroatoms. The van der Waals surface area contributed by atoms with Gasteiger partial charge in [0.2, 0.25) is 0 Å². The van der Waals surface area contributed by atoms with Gasteiger partial charge in [0, 0.05) is 47.7 Å². The van der Waals surface area contributed by atoms with Crippen LogP contribution < -0.4 is 15.4 Å². The molecule has 4 rings (SSSR count). The van der Waals surface area contributed by atoms with Gasteiger partial charge in [-0.25, -0.2) is 8.42 Å². The average molecular weight is 563 g/mol. The summed E-state index contributed by atoms with van der Waals surface area (Å²) < 4.78 is 69.9. The van der Waals surface area contributed by atoms with E-state index in [2.05, 4.69) is 41.3 Å². The minimum Gasteiger partial charge on any atom is -0.495 e. The van der Waals surface area contributed by atoms with Gasteiger partial charge in [-0.15, -0.1) is 0 Å². The van der Waals surface area contributed by atoms with Gasteiger partial charge < -0.3 is 24.8 Å². The molecule has 0 amide bonds. The smallest absolute Gasteiger partial charge is 0.406 e.